The van der Waals surface area contributed by atoms with Gasteiger partial charge in [0, 0.05) is 11.5 Å². The molecule has 0 N–H and O–H groups in total. The van der Waals surface area contributed by atoms with Gasteiger partial charge in [-0.15, -0.1) is 0 Å². The van der Waals surface area contributed by atoms with Crippen LogP contribution in [0, 0.1) is 18.3 Å². The number of fused-ring (bicyclic) bond motifs is 1. The highest BCUT2D eigenvalue weighted by Crippen LogP contribution is 2.28. The molecular weight excluding hydrogens is 346 g/mol. The summed E-state index contributed by atoms with van der Waals surface area (Å²) in [5, 5.41) is 14.4. The molecule has 0 saturated carbocycles. The van der Waals surface area contributed by atoms with Crippen LogP contribution in [-0.2, 0) is 11.3 Å². The maximum atomic E-state index is 12.6. The third-order valence-electron chi connectivity index (χ3n) is 3.93. The zero-order valence-corrected chi connectivity index (χ0v) is 14.9. The van der Waals surface area contributed by atoms with Gasteiger partial charge < -0.3 is 9.47 Å². The highest BCUT2D eigenvalue weighted by molar-refractivity contribution is 5.83. The van der Waals surface area contributed by atoms with Crippen molar-refractivity contribution in [3.8, 4) is 17.6 Å². The lowest BCUT2D eigenvalue weighted by molar-refractivity contribution is -0.135. The molecule has 0 aliphatic carbocycles. The van der Waals surface area contributed by atoms with Gasteiger partial charge in [-0.05, 0) is 32.0 Å². The third kappa shape index (κ3) is 3.80. The molecule has 3 rings (SSSR count). The molecule has 1 heterocycles. The van der Waals surface area contributed by atoms with E-state index in [-0.39, 0.29) is 17.9 Å². The Morgan fingerprint density at radius 1 is 1.19 bits per heavy atom. The lowest BCUT2D eigenvalue weighted by atomic mass is 10.1. The van der Waals surface area contributed by atoms with Crippen molar-refractivity contribution in [1.29, 1.82) is 5.26 Å². The first-order valence-electron chi connectivity index (χ1n) is 8.37. The zero-order chi connectivity index (χ0) is 19.4. The Labute approximate surface area is 155 Å². The molecule has 0 spiro atoms. The normalized spacial score (nSPS) is 10.4. The fourth-order valence-corrected chi connectivity index (χ4v) is 2.72. The standard InChI is InChI=1S/C20H17N3O4/c1-3-26-18-10-14(11-21)8-9-17(18)27-19(24)12-23-20(25)16-7-5-4-6-15(16)13(2)22-23/h4-10H,3,12H2,1-2H3. The van der Waals surface area contributed by atoms with E-state index in [4.69, 9.17) is 14.7 Å². The molecule has 0 atom stereocenters. The lowest BCUT2D eigenvalue weighted by Gasteiger charge is -2.12. The molecule has 0 saturated heterocycles. The second-order valence-electron chi connectivity index (χ2n) is 5.77. The summed E-state index contributed by atoms with van der Waals surface area (Å²) in [4.78, 5) is 24.9. The molecule has 0 bridgehead atoms. The summed E-state index contributed by atoms with van der Waals surface area (Å²) in [5.74, 6) is -0.184. The third-order valence-corrected chi connectivity index (χ3v) is 3.93. The van der Waals surface area contributed by atoms with Crippen molar-refractivity contribution in [2.45, 2.75) is 20.4 Å². The van der Waals surface area contributed by atoms with Gasteiger partial charge in [0.05, 0.1) is 29.3 Å². The molecule has 0 amide bonds. The summed E-state index contributed by atoms with van der Waals surface area (Å²) in [7, 11) is 0. The van der Waals surface area contributed by atoms with Crippen LogP contribution >= 0.6 is 0 Å². The molecule has 7 nitrogen and oxygen atoms in total. The van der Waals surface area contributed by atoms with E-state index in [0.29, 0.717) is 29.0 Å². The van der Waals surface area contributed by atoms with Gasteiger partial charge >= 0.3 is 5.97 Å². The molecule has 136 valence electrons. The molecule has 0 radical (unpaired) electrons. The summed E-state index contributed by atoms with van der Waals surface area (Å²) >= 11 is 0. The predicted molar refractivity (Wildman–Crippen MR) is 98.7 cm³/mol. The highest BCUT2D eigenvalue weighted by atomic mass is 16.6. The first-order valence-corrected chi connectivity index (χ1v) is 8.37. The number of ether oxygens (including phenoxy) is 2. The van der Waals surface area contributed by atoms with Crippen LogP contribution in [0.5, 0.6) is 11.5 Å². The Bertz CT molecular complexity index is 1110. The van der Waals surface area contributed by atoms with E-state index in [0.717, 1.165) is 10.1 Å². The van der Waals surface area contributed by atoms with Crippen molar-refractivity contribution in [2.24, 2.45) is 0 Å². The van der Waals surface area contributed by atoms with Crippen LogP contribution in [0.25, 0.3) is 10.8 Å². The number of hydrogen-bond donors (Lipinski definition) is 0. The molecule has 0 unspecified atom stereocenters. The molecule has 0 aliphatic heterocycles. The Kier molecular flexibility index (Phi) is 5.18. The first-order chi connectivity index (χ1) is 13.0. The van der Waals surface area contributed by atoms with E-state index in [1.807, 2.05) is 18.2 Å². The number of aromatic nitrogens is 2. The summed E-state index contributed by atoms with van der Waals surface area (Å²) in [5.41, 5.74) is 0.672. The van der Waals surface area contributed by atoms with Gasteiger partial charge in [-0.3, -0.25) is 4.79 Å². The average molecular weight is 363 g/mol. The van der Waals surface area contributed by atoms with Gasteiger partial charge in [0.2, 0.25) is 0 Å². The number of rotatable bonds is 5. The van der Waals surface area contributed by atoms with Gasteiger partial charge in [0.15, 0.2) is 11.5 Å². The topological polar surface area (TPSA) is 94.2 Å². The quantitative estimate of drug-likeness (QED) is 0.511. The number of aryl methyl sites for hydroxylation is 1. The second-order valence-corrected chi connectivity index (χ2v) is 5.77. The number of nitriles is 1. The minimum Gasteiger partial charge on any atom is -0.490 e. The van der Waals surface area contributed by atoms with Gasteiger partial charge in [-0.1, -0.05) is 18.2 Å². The Hall–Kier alpha value is -3.66. The number of hydrogen-bond acceptors (Lipinski definition) is 6. The van der Waals surface area contributed by atoms with Crippen LogP contribution in [0.1, 0.15) is 18.2 Å². The van der Waals surface area contributed by atoms with Crippen molar-refractivity contribution >= 4 is 16.7 Å². The Balaban J connectivity index is 1.87. The van der Waals surface area contributed by atoms with Crippen LogP contribution in [0.3, 0.4) is 0 Å². The fourth-order valence-electron chi connectivity index (χ4n) is 2.72. The van der Waals surface area contributed by atoms with Gasteiger partial charge in [-0.2, -0.15) is 10.4 Å². The van der Waals surface area contributed by atoms with E-state index < -0.39 is 5.97 Å². The number of nitrogens with zero attached hydrogens (tertiary/aromatic N) is 3. The van der Waals surface area contributed by atoms with E-state index in [1.54, 1.807) is 26.0 Å². The van der Waals surface area contributed by atoms with Crippen LogP contribution in [0.2, 0.25) is 0 Å². The highest BCUT2D eigenvalue weighted by Gasteiger charge is 2.15. The summed E-state index contributed by atoms with van der Waals surface area (Å²) < 4.78 is 11.8. The SMILES string of the molecule is CCOc1cc(C#N)ccc1OC(=O)Cn1nc(C)c2ccccc2c1=O. The van der Waals surface area contributed by atoms with Gasteiger partial charge in [0.1, 0.15) is 6.54 Å². The van der Waals surface area contributed by atoms with Gasteiger partial charge in [-0.25, -0.2) is 9.48 Å². The molecule has 0 fully saturated rings. The molecule has 3 aromatic rings. The molecule has 7 heteroatoms. The van der Waals surface area contributed by atoms with Crippen molar-refractivity contribution in [3.63, 3.8) is 0 Å². The van der Waals surface area contributed by atoms with Crippen LogP contribution in [0.4, 0.5) is 0 Å². The van der Waals surface area contributed by atoms with E-state index in [2.05, 4.69) is 5.10 Å². The van der Waals surface area contributed by atoms with Crippen molar-refractivity contribution in [3.05, 3.63) is 64.1 Å². The largest absolute Gasteiger partial charge is 0.490 e. The van der Waals surface area contributed by atoms with Crippen LogP contribution < -0.4 is 15.0 Å². The second kappa shape index (κ2) is 7.70. The van der Waals surface area contributed by atoms with Crippen molar-refractivity contribution in [2.75, 3.05) is 6.61 Å². The molecule has 1 aromatic heterocycles. The van der Waals surface area contributed by atoms with Crippen molar-refractivity contribution < 1.29 is 14.3 Å². The molecule has 27 heavy (non-hydrogen) atoms. The Morgan fingerprint density at radius 2 is 1.93 bits per heavy atom. The minimum absolute atomic E-state index is 0.186. The number of carbonyl (C=O) groups excluding carboxylic acids is 1. The maximum absolute atomic E-state index is 12.6. The monoisotopic (exact) mass is 363 g/mol. The zero-order valence-electron chi connectivity index (χ0n) is 14.9. The fraction of sp³-hybridized carbons (Fsp3) is 0.200. The van der Waals surface area contributed by atoms with E-state index in [1.165, 1.54) is 18.2 Å². The number of benzene rings is 2. The number of carbonyl (C=O) groups is 1. The molecular formula is C20H17N3O4. The van der Waals surface area contributed by atoms with E-state index in [9.17, 15) is 9.59 Å². The summed E-state index contributed by atoms with van der Waals surface area (Å²) in [6.07, 6.45) is 0. The smallest absolute Gasteiger partial charge is 0.333 e. The van der Waals surface area contributed by atoms with Crippen LogP contribution in [0.15, 0.2) is 47.3 Å². The van der Waals surface area contributed by atoms with Gasteiger partial charge in [0.25, 0.3) is 5.56 Å². The average Bonchev–Trinajstić information content (AvgIpc) is 2.67. The molecule has 0 aliphatic rings. The van der Waals surface area contributed by atoms with Crippen LogP contribution in [-0.4, -0.2) is 22.4 Å². The Morgan fingerprint density at radius 3 is 2.63 bits per heavy atom. The molecule has 2 aromatic carbocycles. The first kappa shape index (κ1) is 18.1. The van der Waals surface area contributed by atoms with E-state index >= 15 is 0 Å². The lowest BCUT2D eigenvalue weighted by Crippen LogP contribution is -2.29. The number of esters is 1. The predicted octanol–water partition coefficient (Wildman–Crippen LogP) is 2.58. The minimum atomic E-state index is -0.662. The summed E-state index contributed by atoms with van der Waals surface area (Å²) in [6, 6.07) is 13.6. The maximum Gasteiger partial charge on any atom is 0.333 e. The van der Waals surface area contributed by atoms with Crippen molar-refractivity contribution in [1.82, 2.24) is 9.78 Å². The summed E-state index contributed by atoms with van der Waals surface area (Å²) in [6.45, 7) is 3.57.